The van der Waals surface area contributed by atoms with Crippen molar-refractivity contribution in [3.8, 4) is 5.88 Å². The SMILES string of the molecule is Cn1nccc1OC(C)(C)CC1CN(Cc2cccc(C(C)(C)C)c2)CCO1. The molecule has 2 heterocycles. The molecular weight excluding hydrogens is 350 g/mol. The quantitative estimate of drug-likeness (QED) is 0.748. The van der Waals surface area contributed by atoms with Crippen LogP contribution in [0.1, 0.15) is 52.2 Å². The third-order valence-corrected chi connectivity index (χ3v) is 5.30. The number of rotatable bonds is 6. The Morgan fingerprint density at radius 3 is 2.64 bits per heavy atom. The van der Waals surface area contributed by atoms with Crippen LogP contribution in [-0.4, -0.2) is 46.1 Å². The Bertz CT molecular complexity index is 776. The predicted octanol–water partition coefficient (Wildman–Crippen LogP) is 4.17. The van der Waals surface area contributed by atoms with E-state index in [0.717, 1.165) is 38.5 Å². The van der Waals surface area contributed by atoms with Crippen LogP contribution in [0, 0.1) is 0 Å². The first-order valence-corrected chi connectivity index (χ1v) is 10.2. The van der Waals surface area contributed by atoms with Crippen molar-refractivity contribution in [3.05, 3.63) is 47.7 Å². The number of hydrogen-bond acceptors (Lipinski definition) is 4. The molecule has 1 aromatic heterocycles. The third kappa shape index (κ3) is 5.58. The summed E-state index contributed by atoms with van der Waals surface area (Å²) in [4.78, 5) is 2.50. The van der Waals surface area contributed by atoms with Gasteiger partial charge in [0.1, 0.15) is 5.60 Å². The highest BCUT2D eigenvalue weighted by atomic mass is 16.5. The summed E-state index contributed by atoms with van der Waals surface area (Å²) < 4.78 is 14.0. The van der Waals surface area contributed by atoms with E-state index in [0.29, 0.717) is 0 Å². The number of hydrogen-bond donors (Lipinski definition) is 0. The molecule has 0 amide bonds. The van der Waals surface area contributed by atoms with Crippen molar-refractivity contribution in [2.75, 3.05) is 19.7 Å². The summed E-state index contributed by atoms with van der Waals surface area (Å²) in [5.41, 5.74) is 2.63. The minimum absolute atomic E-state index is 0.169. The Balaban J connectivity index is 1.59. The number of morpholine rings is 1. The van der Waals surface area contributed by atoms with Gasteiger partial charge in [0.25, 0.3) is 0 Å². The molecule has 1 saturated heterocycles. The highest BCUT2D eigenvalue weighted by molar-refractivity contribution is 5.28. The van der Waals surface area contributed by atoms with Gasteiger partial charge in [-0.25, -0.2) is 4.68 Å². The topological polar surface area (TPSA) is 39.5 Å². The molecule has 1 aliphatic heterocycles. The van der Waals surface area contributed by atoms with Crippen molar-refractivity contribution in [2.45, 2.75) is 64.7 Å². The van der Waals surface area contributed by atoms with Gasteiger partial charge in [-0.15, -0.1) is 0 Å². The van der Waals surface area contributed by atoms with Crippen LogP contribution in [0.4, 0.5) is 0 Å². The Kier molecular flexibility index (Phi) is 6.15. The van der Waals surface area contributed by atoms with Gasteiger partial charge in [-0.1, -0.05) is 45.0 Å². The van der Waals surface area contributed by atoms with E-state index in [1.54, 1.807) is 10.9 Å². The minimum Gasteiger partial charge on any atom is -0.472 e. The van der Waals surface area contributed by atoms with Gasteiger partial charge < -0.3 is 9.47 Å². The highest BCUT2D eigenvalue weighted by Gasteiger charge is 2.30. The van der Waals surface area contributed by atoms with E-state index in [4.69, 9.17) is 9.47 Å². The molecule has 1 fully saturated rings. The lowest BCUT2D eigenvalue weighted by Crippen LogP contribution is -2.46. The smallest absolute Gasteiger partial charge is 0.211 e. The molecule has 5 heteroatoms. The number of aryl methyl sites for hydroxylation is 1. The Morgan fingerprint density at radius 1 is 1.18 bits per heavy atom. The maximum absolute atomic E-state index is 6.18. The molecule has 3 rings (SSSR count). The zero-order valence-corrected chi connectivity index (χ0v) is 18.2. The molecule has 1 unspecified atom stereocenters. The van der Waals surface area contributed by atoms with Gasteiger partial charge in [-0.2, -0.15) is 5.10 Å². The summed E-state index contributed by atoms with van der Waals surface area (Å²) in [6.07, 6.45) is 2.77. The van der Waals surface area contributed by atoms with Gasteiger partial charge in [-0.05, 0) is 30.4 Å². The molecule has 1 atom stereocenters. The highest BCUT2D eigenvalue weighted by Crippen LogP contribution is 2.26. The maximum atomic E-state index is 6.18. The van der Waals surface area contributed by atoms with Crippen LogP contribution in [0.5, 0.6) is 5.88 Å². The van der Waals surface area contributed by atoms with Gasteiger partial charge in [0, 0.05) is 39.2 Å². The molecular formula is C23H35N3O2. The van der Waals surface area contributed by atoms with Crippen LogP contribution in [0.25, 0.3) is 0 Å². The van der Waals surface area contributed by atoms with Gasteiger partial charge >= 0.3 is 0 Å². The van der Waals surface area contributed by atoms with Crippen LogP contribution >= 0.6 is 0 Å². The van der Waals surface area contributed by atoms with E-state index in [9.17, 15) is 0 Å². The van der Waals surface area contributed by atoms with E-state index in [1.807, 2.05) is 13.1 Å². The molecule has 0 spiro atoms. The van der Waals surface area contributed by atoms with Crippen molar-refractivity contribution in [3.63, 3.8) is 0 Å². The summed E-state index contributed by atoms with van der Waals surface area (Å²) in [6.45, 7) is 14.7. The first kappa shape index (κ1) is 20.9. The van der Waals surface area contributed by atoms with Crippen LogP contribution < -0.4 is 4.74 Å². The zero-order chi connectivity index (χ0) is 20.4. The molecule has 5 nitrogen and oxygen atoms in total. The van der Waals surface area contributed by atoms with E-state index in [1.165, 1.54) is 11.1 Å². The van der Waals surface area contributed by atoms with Crippen molar-refractivity contribution in [1.82, 2.24) is 14.7 Å². The van der Waals surface area contributed by atoms with Gasteiger partial charge in [0.2, 0.25) is 5.88 Å². The molecule has 0 bridgehead atoms. The molecule has 0 saturated carbocycles. The number of nitrogens with zero attached hydrogens (tertiary/aromatic N) is 3. The summed E-state index contributed by atoms with van der Waals surface area (Å²) in [6, 6.07) is 10.9. The van der Waals surface area contributed by atoms with Crippen molar-refractivity contribution in [1.29, 1.82) is 0 Å². The molecule has 1 aromatic carbocycles. The Labute approximate surface area is 169 Å². The largest absolute Gasteiger partial charge is 0.472 e. The third-order valence-electron chi connectivity index (χ3n) is 5.30. The monoisotopic (exact) mass is 385 g/mol. The molecule has 1 aliphatic rings. The number of ether oxygens (including phenoxy) is 2. The number of benzene rings is 1. The lowest BCUT2D eigenvalue weighted by molar-refractivity contribution is -0.0650. The van der Waals surface area contributed by atoms with E-state index >= 15 is 0 Å². The molecule has 154 valence electrons. The molecule has 28 heavy (non-hydrogen) atoms. The lowest BCUT2D eigenvalue weighted by Gasteiger charge is -2.37. The van der Waals surface area contributed by atoms with Crippen molar-refractivity contribution >= 4 is 0 Å². The zero-order valence-electron chi connectivity index (χ0n) is 18.2. The molecule has 2 aromatic rings. The Hall–Kier alpha value is -1.85. The van der Waals surface area contributed by atoms with Crippen LogP contribution in [0.15, 0.2) is 36.5 Å². The fourth-order valence-electron chi connectivity index (χ4n) is 3.78. The van der Waals surface area contributed by atoms with Crippen molar-refractivity contribution in [2.24, 2.45) is 7.05 Å². The first-order chi connectivity index (χ1) is 13.1. The minimum atomic E-state index is -0.312. The number of aromatic nitrogens is 2. The molecule has 0 radical (unpaired) electrons. The molecule has 0 aliphatic carbocycles. The summed E-state index contributed by atoms with van der Waals surface area (Å²) in [5, 5.41) is 4.18. The molecule has 0 N–H and O–H groups in total. The second-order valence-corrected chi connectivity index (χ2v) is 9.54. The predicted molar refractivity (Wildman–Crippen MR) is 113 cm³/mol. The van der Waals surface area contributed by atoms with E-state index < -0.39 is 0 Å². The average Bonchev–Trinajstić information content (AvgIpc) is 2.98. The van der Waals surface area contributed by atoms with Gasteiger partial charge in [0.05, 0.1) is 18.9 Å². The summed E-state index contributed by atoms with van der Waals surface area (Å²) in [5.74, 6) is 0.789. The van der Waals surface area contributed by atoms with Crippen LogP contribution in [0.3, 0.4) is 0 Å². The van der Waals surface area contributed by atoms with Gasteiger partial charge in [-0.3, -0.25) is 4.90 Å². The second kappa shape index (κ2) is 8.26. The standard InChI is InChI=1S/C23H35N3O2/c1-22(2,3)19-9-7-8-18(14-19)16-26-12-13-27-20(17-26)15-23(4,5)28-21-10-11-24-25(21)6/h7-11,14,20H,12-13,15-17H2,1-6H3. The second-order valence-electron chi connectivity index (χ2n) is 9.54. The van der Waals surface area contributed by atoms with E-state index in [2.05, 4.69) is 68.9 Å². The lowest BCUT2D eigenvalue weighted by atomic mass is 9.86. The maximum Gasteiger partial charge on any atom is 0.211 e. The average molecular weight is 386 g/mol. The van der Waals surface area contributed by atoms with Crippen LogP contribution in [0.2, 0.25) is 0 Å². The van der Waals surface area contributed by atoms with Crippen LogP contribution in [-0.2, 0) is 23.7 Å². The normalized spacial score (nSPS) is 19.0. The summed E-state index contributed by atoms with van der Waals surface area (Å²) >= 11 is 0. The van der Waals surface area contributed by atoms with Crippen molar-refractivity contribution < 1.29 is 9.47 Å². The first-order valence-electron chi connectivity index (χ1n) is 10.2. The Morgan fingerprint density at radius 2 is 1.96 bits per heavy atom. The van der Waals surface area contributed by atoms with E-state index in [-0.39, 0.29) is 17.1 Å². The fourth-order valence-corrected chi connectivity index (χ4v) is 3.78. The summed E-state index contributed by atoms with van der Waals surface area (Å²) in [7, 11) is 1.90. The van der Waals surface area contributed by atoms with Gasteiger partial charge in [0.15, 0.2) is 0 Å². The fraction of sp³-hybridized carbons (Fsp3) is 0.609.